The van der Waals surface area contributed by atoms with Gasteiger partial charge in [0.1, 0.15) is 5.82 Å². The van der Waals surface area contributed by atoms with Crippen LogP contribution in [-0.2, 0) is 19.5 Å². The van der Waals surface area contributed by atoms with Crippen LogP contribution in [0.5, 0.6) is 0 Å². The molecule has 1 aliphatic heterocycles. The highest BCUT2D eigenvalue weighted by Gasteiger charge is 2.23. The Morgan fingerprint density at radius 2 is 2.00 bits per heavy atom. The van der Waals surface area contributed by atoms with E-state index in [1.54, 1.807) is 0 Å². The summed E-state index contributed by atoms with van der Waals surface area (Å²) in [7, 11) is 0. The molecule has 4 heterocycles. The Bertz CT molecular complexity index is 1110. The number of para-hydroxylation sites is 1. The minimum atomic E-state index is 0. The molecule has 1 aliphatic rings. The van der Waals surface area contributed by atoms with Crippen molar-refractivity contribution in [3.05, 3.63) is 66.0 Å². The first-order valence-corrected chi connectivity index (χ1v) is 8.81. The van der Waals surface area contributed by atoms with Crippen LogP contribution >= 0.6 is 12.4 Å². The minimum Gasteiger partial charge on any atom is -0.327 e. The van der Waals surface area contributed by atoms with Gasteiger partial charge in [0.25, 0.3) is 0 Å². The number of hydrogen-bond donors (Lipinski definition) is 0. The molecule has 0 radical (unpaired) electrons. The van der Waals surface area contributed by atoms with Gasteiger partial charge in [0, 0.05) is 24.4 Å². The number of hydrogen-bond acceptors (Lipinski definition) is 4. The second-order valence-corrected chi connectivity index (χ2v) is 6.50. The van der Waals surface area contributed by atoms with Gasteiger partial charge in [0.2, 0.25) is 0 Å². The molecular formula is C19H20ClN7. The molecule has 4 aromatic rings. The van der Waals surface area contributed by atoms with Gasteiger partial charge in [-0.2, -0.15) is 5.10 Å². The van der Waals surface area contributed by atoms with Crippen LogP contribution < -0.4 is 0 Å². The molecule has 27 heavy (non-hydrogen) atoms. The highest BCUT2D eigenvalue weighted by molar-refractivity contribution is 5.85. The fraction of sp³-hybridized carbons (Fsp3) is 0.263. The van der Waals surface area contributed by atoms with Gasteiger partial charge < -0.3 is 9.13 Å². The summed E-state index contributed by atoms with van der Waals surface area (Å²) in [5.74, 6) is 2.74. The lowest BCUT2D eigenvalue weighted by Gasteiger charge is -2.08. The summed E-state index contributed by atoms with van der Waals surface area (Å²) in [4.78, 5) is 13.7. The van der Waals surface area contributed by atoms with E-state index < -0.39 is 0 Å². The summed E-state index contributed by atoms with van der Waals surface area (Å²) in [6, 6.07) is 8.29. The zero-order valence-electron chi connectivity index (χ0n) is 15.2. The lowest BCUT2D eigenvalue weighted by Crippen LogP contribution is -2.08. The highest BCUT2D eigenvalue weighted by Crippen LogP contribution is 2.31. The average Bonchev–Trinajstić information content (AvgIpc) is 3.34. The van der Waals surface area contributed by atoms with E-state index in [4.69, 9.17) is 10.1 Å². The van der Waals surface area contributed by atoms with Gasteiger partial charge in [-0.3, -0.25) is 0 Å². The van der Waals surface area contributed by atoms with Gasteiger partial charge in [-0.15, -0.1) is 12.4 Å². The third kappa shape index (κ3) is 2.75. The van der Waals surface area contributed by atoms with Gasteiger partial charge in [0.05, 0.1) is 36.5 Å². The van der Waals surface area contributed by atoms with Crippen molar-refractivity contribution < 1.29 is 0 Å². The second kappa shape index (κ2) is 6.66. The van der Waals surface area contributed by atoms with E-state index in [2.05, 4.69) is 38.2 Å². The summed E-state index contributed by atoms with van der Waals surface area (Å²) in [6.45, 7) is 5.43. The normalized spacial score (nSPS) is 11.9. The molecule has 0 N–H and O–H groups in total. The Morgan fingerprint density at radius 1 is 1.15 bits per heavy atom. The quantitative estimate of drug-likeness (QED) is 0.481. The largest absolute Gasteiger partial charge is 0.327 e. The van der Waals surface area contributed by atoms with E-state index >= 15 is 0 Å². The third-order valence-electron chi connectivity index (χ3n) is 4.92. The molecular weight excluding hydrogens is 362 g/mol. The minimum absolute atomic E-state index is 0. The van der Waals surface area contributed by atoms with Crippen molar-refractivity contribution in [1.82, 2.24) is 33.9 Å². The maximum atomic E-state index is 4.86. The second-order valence-electron chi connectivity index (χ2n) is 6.50. The SMILES string of the molecule is CCc1nccn1Cc1nc2n(n1)Cc1c(C)ncn1-c1ccccc1-2.Cl. The summed E-state index contributed by atoms with van der Waals surface area (Å²) < 4.78 is 6.24. The molecule has 1 aromatic carbocycles. The van der Waals surface area contributed by atoms with E-state index in [9.17, 15) is 0 Å². The van der Waals surface area contributed by atoms with Crippen LogP contribution in [0.3, 0.4) is 0 Å². The summed E-state index contributed by atoms with van der Waals surface area (Å²) in [5, 5.41) is 4.80. The van der Waals surface area contributed by atoms with Crippen LogP contribution in [0.25, 0.3) is 17.1 Å². The predicted molar refractivity (Wildman–Crippen MR) is 104 cm³/mol. The number of halogens is 1. The van der Waals surface area contributed by atoms with Crippen molar-refractivity contribution >= 4 is 12.4 Å². The van der Waals surface area contributed by atoms with Crippen LogP contribution in [0.2, 0.25) is 0 Å². The molecule has 0 fully saturated rings. The van der Waals surface area contributed by atoms with Crippen LogP contribution in [0.4, 0.5) is 0 Å². The fourth-order valence-corrected chi connectivity index (χ4v) is 3.59. The molecule has 8 heteroatoms. The molecule has 5 rings (SSSR count). The maximum absolute atomic E-state index is 4.86. The topological polar surface area (TPSA) is 66.3 Å². The zero-order chi connectivity index (χ0) is 17.7. The molecule has 0 amide bonds. The molecule has 0 unspecified atom stereocenters. The molecule has 0 saturated heterocycles. The number of imidazole rings is 2. The van der Waals surface area contributed by atoms with Crippen LogP contribution in [0.15, 0.2) is 43.0 Å². The van der Waals surface area contributed by atoms with E-state index in [1.807, 2.05) is 42.5 Å². The van der Waals surface area contributed by atoms with Crippen molar-refractivity contribution in [1.29, 1.82) is 0 Å². The zero-order valence-corrected chi connectivity index (χ0v) is 16.0. The summed E-state index contributed by atoms with van der Waals surface area (Å²) >= 11 is 0. The first-order chi connectivity index (χ1) is 12.7. The number of aromatic nitrogens is 7. The molecule has 0 bridgehead atoms. The third-order valence-corrected chi connectivity index (χ3v) is 4.92. The molecule has 0 aliphatic carbocycles. The van der Waals surface area contributed by atoms with Gasteiger partial charge >= 0.3 is 0 Å². The monoisotopic (exact) mass is 381 g/mol. The Morgan fingerprint density at radius 3 is 2.85 bits per heavy atom. The maximum Gasteiger partial charge on any atom is 0.171 e. The number of nitrogens with zero attached hydrogens (tertiary/aromatic N) is 7. The molecule has 0 saturated carbocycles. The first kappa shape index (κ1) is 17.5. The molecule has 0 atom stereocenters. The number of benzene rings is 1. The van der Waals surface area contributed by atoms with Gasteiger partial charge in [-0.1, -0.05) is 19.1 Å². The van der Waals surface area contributed by atoms with Gasteiger partial charge in [-0.25, -0.2) is 19.6 Å². The van der Waals surface area contributed by atoms with E-state index in [0.717, 1.165) is 46.5 Å². The van der Waals surface area contributed by atoms with Gasteiger partial charge in [-0.05, 0) is 19.1 Å². The Balaban J connectivity index is 0.00000180. The number of fused-ring (bicyclic) bond motifs is 5. The Kier molecular flexibility index (Phi) is 4.31. The smallest absolute Gasteiger partial charge is 0.171 e. The Hall–Kier alpha value is -2.93. The summed E-state index contributed by atoms with van der Waals surface area (Å²) in [5.41, 5.74) is 4.33. The van der Waals surface area contributed by atoms with Crippen LogP contribution in [0.1, 0.15) is 30.0 Å². The van der Waals surface area contributed by atoms with E-state index in [1.165, 1.54) is 0 Å². The van der Waals surface area contributed by atoms with Crippen molar-refractivity contribution in [3.63, 3.8) is 0 Å². The average molecular weight is 382 g/mol. The molecule has 3 aromatic heterocycles. The number of aryl methyl sites for hydroxylation is 2. The predicted octanol–water partition coefficient (Wildman–Crippen LogP) is 3.03. The molecule has 138 valence electrons. The van der Waals surface area contributed by atoms with E-state index in [0.29, 0.717) is 13.1 Å². The fourth-order valence-electron chi connectivity index (χ4n) is 3.59. The Labute approximate surface area is 163 Å². The number of rotatable bonds is 3. The summed E-state index contributed by atoms with van der Waals surface area (Å²) in [6.07, 6.45) is 6.59. The van der Waals surface area contributed by atoms with Crippen LogP contribution in [0, 0.1) is 6.92 Å². The highest BCUT2D eigenvalue weighted by atomic mass is 35.5. The molecule has 7 nitrogen and oxygen atoms in total. The van der Waals surface area contributed by atoms with Crippen molar-refractivity contribution in [2.45, 2.75) is 33.4 Å². The van der Waals surface area contributed by atoms with Gasteiger partial charge in [0.15, 0.2) is 11.6 Å². The first-order valence-electron chi connectivity index (χ1n) is 8.81. The molecule has 0 spiro atoms. The standard InChI is InChI=1S/C19H19N7.ClH/c1-3-18-20-8-9-24(18)11-17-22-19-14-6-4-5-7-15(14)25-12-21-13(2)16(25)10-26(19)23-17;/h4-9,12H,3,10-11H2,1-2H3;1H. The van der Waals surface area contributed by atoms with Crippen molar-refractivity contribution in [2.75, 3.05) is 0 Å². The lowest BCUT2D eigenvalue weighted by molar-refractivity contribution is 0.638. The van der Waals surface area contributed by atoms with Crippen LogP contribution in [-0.4, -0.2) is 33.9 Å². The van der Waals surface area contributed by atoms with E-state index in [-0.39, 0.29) is 12.4 Å². The van der Waals surface area contributed by atoms with Crippen molar-refractivity contribution in [3.8, 4) is 17.1 Å². The lowest BCUT2D eigenvalue weighted by atomic mass is 10.1. The van der Waals surface area contributed by atoms with Crippen molar-refractivity contribution in [2.24, 2.45) is 0 Å².